The number of nitrogens with two attached hydrogens (primary N) is 1. The van der Waals surface area contributed by atoms with Gasteiger partial charge in [0.2, 0.25) is 5.91 Å². The number of carbonyl (C=O) groups excluding carboxylic acids is 2. The Morgan fingerprint density at radius 3 is 2.62 bits per heavy atom. The fraction of sp³-hybridized carbons (Fsp3) is 0.722. The van der Waals surface area contributed by atoms with Gasteiger partial charge in [0.05, 0.1) is 6.61 Å². The fourth-order valence-corrected chi connectivity index (χ4v) is 3.63. The lowest BCUT2D eigenvalue weighted by molar-refractivity contribution is -0.134. The summed E-state index contributed by atoms with van der Waals surface area (Å²) in [6.45, 7) is 0.596. The lowest BCUT2D eigenvalue weighted by Gasteiger charge is -2.37. The molecule has 0 unspecified atom stereocenters. The summed E-state index contributed by atoms with van der Waals surface area (Å²) in [6, 6.07) is 1.91. The molecule has 144 valence electrons. The van der Waals surface area contributed by atoms with Crippen molar-refractivity contribution in [3.8, 4) is 0 Å². The number of aromatic nitrogens is 1. The van der Waals surface area contributed by atoms with Crippen LogP contribution in [0, 0.1) is 0 Å². The zero-order chi connectivity index (χ0) is 18.5. The number of aliphatic hydroxyl groups is 1. The highest BCUT2D eigenvalue weighted by atomic mass is 16.5. The summed E-state index contributed by atoms with van der Waals surface area (Å²) in [5, 5.41) is 16.1. The van der Waals surface area contributed by atoms with Crippen molar-refractivity contribution >= 4 is 11.8 Å². The molecule has 0 radical (unpaired) electrons. The summed E-state index contributed by atoms with van der Waals surface area (Å²) in [5.41, 5.74) is 5.82. The number of nitrogens with one attached hydrogen (secondary N) is 1. The third-order valence-electron chi connectivity index (χ3n) is 5.23. The van der Waals surface area contributed by atoms with Gasteiger partial charge in [0.25, 0.3) is 5.91 Å². The van der Waals surface area contributed by atoms with Crippen molar-refractivity contribution in [3.63, 3.8) is 0 Å². The molecule has 2 saturated carbocycles. The Bertz CT molecular complexity index is 620. The van der Waals surface area contributed by atoms with E-state index in [9.17, 15) is 14.7 Å². The van der Waals surface area contributed by atoms with Crippen LogP contribution in [-0.2, 0) is 4.79 Å². The fourth-order valence-electron chi connectivity index (χ4n) is 3.63. The lowest BCUT2D eigenvalue weighted by atomic mass is 9.89. The van der Waals surface area contributed by atoms with Crippen molar-refractivity contribution in [1.29, 1.82) is 0 Å². The lowest BCUT2D eigenvalue weighted by Crippen LogP contribution is -2.47. The van der Waals surface area contributed by atoms with E-state index in [1.807, 2.05) is 0 Å². The van der Waals surface area contributed by atoms with Gasteiger partial charge in [-0.05, 0) is 38.5 Å². The second-order valence-electron chi connectivity index (χ2n) is 7.22. The molecule has 2 aliphatic carbocycles. The molecule has 0 bridgehead atoms. The summed E-state index contributed by atoms with van der Waals surface area (Å²) in [4.78, 5) is 26.3. The van der Waals surface area contributed by atoms with E-state index in [1.165, 1.54) is 0 Å². The Morgan fingerprint density at radius 2 is 2.00 bits per heavy atom. The van der Waals surface area contributed by atoms with Crippen molar-refractivity contribution in [3.05, 3.63) is 17.5 Å². The zero-order valence-corrected chi connectivity index (χ0v) is 15.0. The molecule has 4 N–H and O–H groups in total. The molecule has 8 nitrogen and oxygen atoms in total. The molecular weight excluding hydrogens is 336 g/mol. The van der Waals surface area contributed by atoms with Gasteiger partial charge in [0.1, 0.15) is 5.76 Å². The first-order chi connectivity index (χ1) is 12.6. The monoisotopic (exact) mass is 364 g/mol. The molecule has 1 aromatic rings. The molecule has 2 aliphatic rings. The van der Waals surface area contributed by atoms with Gasteiger partial charge in [0, 0.05) is 43.6 Å². The van der Waals surface area contributed by atoms with Crippen molar-refractivity contribution < 1.29 is 19.2 Å². The van der Waals surface area contributed by atoms with Crippen LogP contribution in [0.4, 0.5) is 0 Å². The second-order valence-corrected chi connectivity index (χ2v) is 7.22. The van der Waals surface area contributed by atoms with E-state index in [0.717, 1.165) is 44.3 Å². The van der Waals surface area contributed by atoms with Crippen LogP contribution in [0.15, 0.2) is 10.6 Å². The Kier molecular flexibility index (Phi) is 6.26. The molecule has 3 rings (SSSR count). The predicted octanol–water partition coefficient (Wildman–Crippen LogP) is 0.763. The van der Waals surface area contributed by atoms with Gasteiger partial charge < -0.3 is 25.6 Å². The highest BCUT2D eigenvalue weighted by Crippen LogP contribution is 2.40. The first-order valence-electron chi connectivity index (χ1n) is 9.50. The number of rotatable bonds is 8. The Labute approximate surface area is 153 Å². The molecule has 0 aromatic carbocycles. The maximum atomic E-state index is 12.3. The van der Waals surface area contributed by atoms with Gasteiger partial charge in [-0.1, -0.05) is 5.16 Å². The van der Waals surface area contributed by atoms with Gasteiger partial charge in [-0.2, -0.15) is 0 Å². The third-order valence-corrected chi connectivity index (χ3v) is 5.23. The van der Waals surface area contributed by atoms with E-state index in [2.05, 4.69) is 10.5 Å². The Morgan fingerprint density at radius 1 is 1.27 bits per heavy atom. The maximum Gasteiger partial charge on any atom is 0.273 e. The molecule has 0 atom stereocenters. The van der Waals surface area contributed by atoms with Crippen molar-refractivity contribution in [1.82, 2.24) is 15.4 Å². The minimum Gasteiger partial charge on any atom is -0.395 e. The van der Waals surface area contributed by atoms with E-state index in [1.54, 1.807) is 11.0 Å². The number of hydrogen-bond donors (Lipinski definition) is 3. The molecule has 0 saturated heterocycles. The smallest absolute Gasteiger partial charge is 0.273 e. The van der Waals surface area contributed by atoms with Gasteiger partial charge in [-0.15, -0.1) is 0 Å². The number of aliphatic hydroxyl groups excluding tert-OH is 1. The third kappa shape index (κ3) is 4.62. The molecule has 0 aliphatic heterocycles. The number of amides is 2. The van der Waals surface area contributed by atoms with Crippen LogP contribution < -0.4 is 11.1 Å². The molecular formula is C18H28N4O4. The van der Waals surface area contributed by atoms with E-state index < -0.39 is 0 Å². The molecule has 8 heteroatoms. The van der Waals surface area contributed by atoms with Crippen molar-refractivity contribution in [2.75, 3.05) is 19.7 Å². The van der Waals surface area contributed by atoms with E-state index >= 15 is 0 Å². The van der Waals surface area contributed by atoms with Crippen LogP contribution in [0.2, 0.25) is 0 Å². The SMILES string of the molecule is NCCC(=O)N(CCO)[C@H]1CC[C@H](NC(=O)c2cc(C3CC3)on2)CC1. The largest absolute Gasteiger partial charge is 0.395 e. The first kappa shape index (κ1) is 18.8. The molecule has 2 fully saturated rings. The molecule has 26 heavy (non-hydrogen) atoms. The van der Waals surface area contributed by atoms with Gasteiger partial charge in [-0.25, -0.2) is 0 Å². The second kappa shape index (κ2) is 8.64. The van der Waals surface area contributed by atoms with Gasteiger partial charge in [-0.3, -0.25) is 9.59 Å². The van der Waals surface area contributed by atoms with Crippen LogP contribution in [0.25, 0.3) is 0 Å². The van der Waals surface area contributed by atoms with E-state index in [4.69, 9.17) is 10.3 Å². The van der Waals surface area contributed by atoms with Crippen LogP contribution in [0.3, 0.4) is 0 Å². The minimum atomic E-state index is -0.199. The quantitative estimate of drug-likeness (QED) is 0.626. The van der Waals surface area contributed by atoms with E-state index in [0.29, 0.717) is 31.1 Å². The average molecular weight is 364 g/mol. The van der Waals surface area contributed by atoms with Crippen molar-refractivity contribution in [2.45, 2.75) is 62.9 Å². The molecule has 0 spiro atoms. The van der Waals surface area contributed by atoms with Gasteiger partial charge in [0.15, 0.2) is 5.69 Å². The van der Waals surface area contributed by atoms with Gasteiger partial charge >= 0.3 is 0 Å². The van der Waals surface area contributed by atoms with Crippen LogP contribution in [-0.4, -0.2) is 58.8 Å². The van der Waals surface area contributed by atoms with Crippen LogP contribution >= 0.6 is 0 Å². The summed E-state index contributed by atoms with van der Waals surface area (Å²) in [7, 11) is 0. The number of hydrogen-bond acceptors (Lipinski definition) is 6. The van der Waals surface area contributed by atoms with Crippen LogP contribution in [0.5, 0.6) is 0 Å². The highest BCUT2D eigenvalue weighted by molar-refractivity contribution is 5.92. The standard InChI is InChI=1S/C18H28N4O4/c19-8-7-17(24)22(9-10-23)14-5-3-13(4-6-14)20-18(25)15-11-16(26-21-15)12-1-2-12/h11-14,23H,1-10,19H2,(H,20,25)/t13-,14-. The van der Waals surface area contributed by atoms with E-state index in [-0.39, 0.29) is 30.5 Å². The number of nitrogens with zero attached hydrogens (tertiary/aromatic N) is 2. The highest BCUT2D eigenvalue weighted by Gasteiger charge is 2.31. The first-order valence-corrected chi connectivity index (χ1v) is 9.50. The maximum absolute atomic E-state index is 12.3. The van der Waals surface area contributed by atoms with Crippen molar-refractivity contribution in [2.24, 2.45) is 5.73 Å². The Balaban J connectivity index is 1.49. The minimum absolute atomic E-state index is 0.00996. The summed E-state index contributed by atoms with van der Waals surface area (Å²) in [6.07, 6.45) is 5.69. The summed E-state index contributed by atoms with van der Waals surface area (Å²) < 4.78 is 5.23. The summed E-state index contributed by atoms with van der Waals surface area (Å²) >= 11 is 0. The van der Waals surface area contributed by atoms with Crippen LogP contribution in [0.1, 0.15) is 67.1 Å². The normalized spacial score (nSPS) is 22.8. The molecule has 1 heterocycles. The summed E-state index contributed by atoms with van der Waals surface area (Å²) in [5.74, 6) is 1.03. The average Bonchev–Trinajstić information content (AvgIpc) is 3.37. The molecule has 2 amide bonds. The molecule has 1 aromatic heterocycles. The predicted molar refractivity (Wildman–Crippen MR) is 94.5 cm³/mol. The Hall–Kier alpha value is -1.93. The topological polar surface area (TPSA) is 122 Å². The number of carbonyl (C=O) groups is 2. The zero-order valence-electron chi connectivity index (χ0n) is 15.0.